The number of morpholine rings is 1. The van der Waals surface area contributed by atoms with Crippen LogP contribution in [0.4, 0.5) is 0 Å². The van der Waals surface area contributed by atoms with Crippen molar-refractivity contribution in [1.29, 1.82) is 0 Å². The standard InChI is InChI=1S/C16H20N4O5S/c17-16(18)19-15(21)12-4-7-25-14-11(10-12)2-1-3-13(14)26(22,23)20-5-8-24-9-6-20/h1-3,10H,4-9H2,(H4,17,18,19,21). The monoisotopic (exact) mass is 380 g/mol. The number of fused-ring (bicyclic) bond motifs is 1. The molecule has 26 heavy (non-hydrogen) atoms. The van der Waals surface area contributed by atoms with E-state index in [4.69, 9.17) is 20.9 Å². The fraction of sp³-hybridized carbons (Fsp3) is 0.375. The lowest BCUT2D eigenvalue weighted by Gasteiger charge is -2.27. The molecule has 0 spiro atoms. The summed E-state index contributed by atoms with van der Waals surface area (Å²) in [5, 5.41) is 0. The highest BCUT2D eigenvalue weighted by atomic mass is 32.2. The smallest absolute Gasteiger partial charge is 0.276 e. The Hall–Kier alpha value is -2.43. The molecule has 0 saturated carbocycles. The lowest BCUT2D eigenvalue weighted by molar-refractivity contribution is -0.114. The Kier molecular flexibility index (Phi) is 5.25. The van der Waals surface area contributed by atoms with Gasteiger partial charge in [0.25, 0.3) is 5.91 Å². The number of aliphatic imine (C=N–C) groups is 1. The van der Waals surface area contributed by atoms with Crippen LogP contribution in [-0.4, -0.2) is 57.5 Å². The van der Waals surface area contributed by atoms with Gasteiger partial charge in [-0.15, -0.1) is 0 Å². The summed E-state index contributed by atoms with van der Waals surface area (Å²) in [6.45, 7) is 1.42. The Balaban J connectivity index is 2.01. The summed E-state index contributed by atoms with van der Waals surface area (Å²) < 4.78 is 38.2. The van der Waals surface area contributed by atoms with E-state index in [0.29, 0.717) is 24.4 Å². The van der Waals surface area contributed by atoms with Crippen LogP contribution in [-0.2, 0) is 19.6 Å². The van der Waals surface area contributed by atoms with Gasteiger partial charge in [-0.1, -0.05) is 12.1 Å². The van der Waals surface area contributed by atoms with Crippen molar-refractivity contribution in [2.45, 2.75) is 11.3 Å². The number of ether oxygens (including phenoxy) is 2. The maximum atomic E-state index is 13.0. The maximum absolute atomic E-state index is 13.0. The van der Waals surface area contributed by atoms with E-state index in [-0.39, 0.29) is 42.7 Å². The summed E-state index contributed by atoms with van der Waals surface area (Å²) in [7, 11) is -3.73. The van der Waals surface area contributed by atoms with Gasteiger partial charge in [0.2, 0.25) is 10.0 Å². The molecule has 0 atom stereocenters. The summed E-state index contributed by atoms with van der Waals surface area (Å²) in [6, 6.07) is 4.79. The fourth-order valence-corrected chi connectivity index (χ4v) is 4.38. The number of nitrogens with two attached hydrogens (primary N) is 2. The molecule has 0 aliphatic carbocycles. The van der Waals surface area contributed by atoms with Crippen molar-refractivity contribution >= 4 is 28.0 Å². The van der Waals surface area contributed by atoms with Crippen LogP contribution < -0.4 is 16.2 Å². The highest BCUT2D eigenvalue weighted by Gasteiger charge is 2.31. The zero-order valence-corrected chi connectivity index (χ0v) is 14.9. The first-order valence-corrected chi connectivity index (χ1v) is 9.52. The molecule has 1 saturated heterocycles. The van der Waals surface area contributed by atoms with Crippen molar-refractivity contribution in [3.8, 4) is 5.75 Å². The number of nitrogens with zero attached hydrogens (tertiary/aromatic N) is 2. The van der Waals surface area contributed by atoms with Crippen LogP contribution in [0.3, 0.4) is 0 Å². The molecule has 3 rings (SSSR count). The number of hydrogen-bond donors (Lipinski definition) is 2. The number of guanidine groups is 1. The lowest BCUT2D eigenvalue weighted by atomic mass is 10.1. The van der Waals surface area contributed by atoms with Crippen LogP contribution in [0.5, 0.6) is 5.75 Å². The van der Waals surface area contributed by atoms with Crippen molar-refractivity contribution in [3.05, 3.63) is 29.3 Å². The molecule has 0 aromatic heterocycles. The number of carbonyl (C=O) groups excluding carboxylic acids is 1. The topological polar surface area (TPSA) is 137 Å². The maximum Gasteiger partial charge on any atom is 0.276 e. The molecule has 0 unspecified atom stereocenters. The van der Waals surface area contributed by atoms with Crippen molar-refractivity contribution in [3.63, 3.8) is 0 Å². The molecule has 4 N–H and O–H groups in total. The molecule has 1 aromatic carbocycles. The van der Waals surface area contributed by atoms with E-state index in [1.54, 1.807) is 18.2 Å². The summed E-state index contributed by atoms with van der Waals surface area (Å²) in [5.41, 5.74) is 11.3. The van der Waals surface area contributed by atoms with Crippen LogP contribution in [0, 0.1) is 0 Å². The second-order valence-corrected chi connectivity index (χ2v) is 7.71. The minimum absolute atomic E-state index is 0.0729. The molecular formula is C16H20N4O5S. The molecule has 1 fully saturated rings. The molecule has 0 bridgehead atoms. The minimum atomic E-state index is -3.73. The summed E-state index contributed by atoms with van der Waals surface area (Å²) in [4.78, 5) is 15.7. The van der Waals surface area contributed by atoms with E-state index in [1.165, 1.54) is 10.4 Å². The molecule has 10 heteroatoms. The number of sulfonamides is 1. The first kappa shape index (κ1) is 18.4. The molecule has 9 nitrogen and oxygen atoms in total. The number of para-hydroxylation sites is 1. The Morgan fingerprint density at radius 3 is 2.58 bits per heavy atom. The van der Waals surface area contributed by atoms with Crippen molar-refractivity contribution in [2.75, 3.05) is 32.9 Å². The SMILES string of the molecule is NC(N)=NC(=O)C1=Cc2cccc(S(=O)(=O)N3CCOCC3)c2OCC1. The Morgan fingerprint density at radius 2 is 1.88 bits per heavy atom. The first-order valence-electron chi connectivity index (χ1n) is 8.08. The van der Waals surface area contributed by atoms with Gasteiger partial charge >= 0.3 is 0 Å². The molecule has 1 aromatic rings. The average Bonchev–Trinajstić information content (AvgIpc) is 2.84. The van der Waals surface area contributed by atoms with E-state index in [9.17, 15) is 13.2 Å². The van der Waals surface area contributed by atoms with Gasteiger partial charge in [-0.3, -0.25) is 4.79 Å². The van der Waals surface area contributed by atoms with Crippen molar-refractivity contribution < 1.29 is 22.7 Å². The minimum Gasteiger partial charge on any atom is -0.491 e. The quantitative estimate of drug-likeness (QED) is 0.541. The highest BCUT2D eigenvalue weighted by molar-refractivity contribution is 7.89. The molecule has 0 radical (unpaired) electrons. The third kappa shape index (κ3) is 3.71. The number of amides is 1. The second-order valence-electron chi connectivity index (χ2n) is 5.80. The van der Waals surface area contributed by atoms with E-state index in [2.05, 4.69) is 4.99 Å². The molecule has 2 heterocycles. The Labute approximate surface area is 151 Å². The largest absolute Gasteiger partial charge is 0.491 e. The van der Waals surface area contributed by atoms with Crippen LogP contribution in [0.15, 0.2) is 33.7 Å². The average molecular weight is 380 g/mol. The third-order valence-electron chi connectivity index (χ3n) is 4.05. The van der Waals surface area contributed by atoms with Gasteiger partial charge in [-0.05, 0) is 12.1 Å². The lowest BCUT2D eigenvalue weighted by Crippen LogP contribution is -2.40. The summed E-state index contributed by atoms with van der Waals surface area (Å²) in [6.07, 6.45) is 1.83. The van der Waals surface area contributed by atoms with Gasteiger partial charge in [-0.25, -0.2) is 8.42 Å². The second kappa shape index (κ2) is 7.44. The van der Waals surface area contributed by atoms with E-state index in [0.717, 1.165) is 0 Å². The predicted octanol–water partition coefficient (Wildman–Crippen LogP) is -0.327. The van der Waals surface area contributed by atoms with Crippen LogP contribution in [0.25, 0.3) is 6.08 Å². The molecule has 2 aliphatic heterocycles. The molecule has 2 aliphatic rings. The number of benzene rings is 1. The highest BCUT2D eigenvalue weighted by Crippen LogP contribution is 2.34. The van der Waals surface area contributed by atoms with Crippen LogP contribution >= 0.6 is 0 Å². The number of rotatable bonds is 3. The van der Waals surface area contributed by atoms with Crippen LogP contribution in [0.2, 0.25) is 0 Å². The first-order chi connectivity index (χ1) is 12.4. The molecule has 1 amide bonds. The summed E-state index contributed by atoms with van der Waals surface area (Å²) in [5.74, 6) is -0.667. The zero-order valence-electron chi connectivity index (χ0n) is 14.1. The fourth-order valence-electron chi connectivity index (χ4n) is 2.81. The Morgan fingerprint density at radius 1 is 1.15 bits per heavy atom. The Bertz CT molecular complexity index is 869. The van der Waals surface area contributed by atoms with Crippen molar-refractivity contribution in [1.82, 2.24) is 4.31 Å². The normalized spacial score (nSPS) is 18.1. The van der Waals surface area contributed by atoms with E-state index in [1.807, 2.05) is 0 Å². The van der Waals surface area contributed by atoms with E-state index >= 15 is 0 Å². The third-order valence-corrected chi connectivity index (χ3v) is 5.97. The number of carbonyl (C=O) groups is 1. The summed E-state index contributed by atoms with van der Waals surface area (Å²) >= 11 is 0. The van der Waals surface area contributed by atoms with Crippen molar-refractivity contribution in [2.24, 2.45) is 16.5 Å². The van der Waals surface area contributed by atoms with E-state index < -0.39 is 15.9 Å². The van der Waals surface area contributed by atoms with Gasteiger partial charge in [0.1, 0.15) is 10.6 Å². The van der Waals surface area contributed by atoms with Gasteiger partial charge in [0, 0.05) is 30.6 Å². The predicted molar refractivity (Wildman–Crippen MR) is 94.9 cm³/mol. The van der Waals surface area contributed by atoms with Gasteiger partial charge in [0.05, 0.1) is 19.8 Å². The van der Waals surface area contributed by atoms with Gasteiger partial charge in [0.15, 0.2) is 5.96 Å². The van der Waals surface area contributed by atoms with Gasteiger partial charge in [-0.2, -0.15) is 9.30 Å². The zero-order chi connectivity index (χ0) is 18.7. The van der Waals surface area contributed by atoms with Gasteiger partial charge < -0.3 is 20.9 Å². The number of hydrogen-bond acceptors (Lipinski definition) is 5. The van der Waals surface area contributed by atoms with Crippen LogP contribution in [0.1, 0.15) is 12.0 Å². The molecule has 140 valence electrons. The molecular weight excluding hydrogens is 360 g/mol.